The van der Waals surface area contributed by atoms with E-state index in [1.54, 1.807) is 24.4 Å². The smallest absolute Gasteiger partial charge is 0.188 e. The predicted molar refractivity (Wildman–Crippen MR) is 78.3 cm³/mol. The topological polar surface area (TPSA) is 42.9 Å². The molecule has 0 N–H and O–H groups in total. The summed E-state index contributed by atoms with van der Waals surface area (Å²) in [5.74, 6) is 0.168. The number of hydrogen-bond donors (Lipinski definition) is 0. The summed E-state index contributed by atoms with van der Waals surface area (Å²) < 4.78 is 0. The summed E-state index contributed by atoms with van der Waals surface area (Å²) in [6.45, 7) is 1.88. The maximum Gasteiger partial charge on any atom is 0.188 e. The second kappa shape index (κ2) is 6.37. The van der Waals surface area contributed by atoms with Crippen molar-refractivity contribution in [2.45, 2.75) is 12.1 Å². The van der Waals surface area contributed by atoms with Gasteiger partial charge < -0.3 is 0 Å². The first-order valence-electron chi connectivity index (χ1n) is 5.47. The fourth-order valence-electron chi connectivity index (χ4n) is 1.42. The molecule has 2 rings (SSSR count). The number of Topliss-reactive ketones (excluding diaryl/α,β-unsaturated/α-hetero) is 1. The molecule has 0 aliphatic heterocycles. The van der Waals surface area contributed by atoms with E-state index >= 15 is 0 Å². The minimum absolute atomic E-state index is 0.0724. The number of hydrogen-bond acceptors (Lipinski definition) is 4. The van der Waals surface area contributed by atoms with Crippen molar-refractivity contribution in [3.8, 4) is 0 Å². The van der Waals surface area contributed by atoms with E-state index in [1.165, 1.54) is 11.8 Å². The molecule has 98 valence electrons. The molecular weight excluding hydrogens is 303 g/mol. The van der Waals surface area contributed by atoms with Gasteiger partial charge in [0.15, 0.2) is 10.9 Å². The summed E-state index contributed by atoms with van der Waals surface area (Å²) in [6.07, 6.45) is 1.67. The normalized spacial score (nSPS) is 10.5. The number of halogens is 2. The molecule has 0 saturated carbocycles. The highest BCUT2D eigenvalue weighted by Crippen LogP contribution is 2.23. The van der Waals surface area contributed by atoms with Gasteiger partial charge in [-0.2, -0.15) is 0 Å². The van der Waals surface area contributed by atoms with Gasteiger partial charge >= 0.3 is 0 Å². The molecule has 0 bridgehead atoms. The molecule has 6 heteroatoms. The predicted octanol–water partition coefficient (Wildman–Crippen LogP) is 4.07. The van der Waals surface area contributed by atoms with Crippen molar-refractivity contribution in [1.82, 2.24) is 9.97 Å². The third-order valence-corrected chi connectivity index (χ3v) is 3.75. The molecule has 3 nitrogen and oxygen atoms in total. The molecule has 0 amide bonds. The maximum absolute atomic E-state index is 12.0. The van der Waals surface area contributed by atoms with Crippen molar-refractivity contribution < 1.29 is 4.79 Å². The van der Waals surface area contributed by atoms with E-state index in [1.807, 2.05) is 13.0 Å². The number of carbonyl (C=O) groups is 1. The molecule has 0 aliphatic rings. The van der Waals surface area contributed by atoms with Crippen molar-refractivity contribution in [2.24, 2.45) is 0 Å². The zero-order valence-electron chi connectivity index (χ0n) is 10.1. The van der Waals surface area contributed by atoms with E-state index in [9.17, 15) is 4.79 Å². The van der Waals surface area contributed by atoms with Crippen LogP contribution >= 0.6 is 35.0 Å². The third-order valence-electron chi connectivity index (χ3n) is 2.34. The Kier molecular flexibility index (Phi) is 4.80. The first-order valence-corrected chi connectivity index (χ1v) is 7.21. The summed E-state index contributed by atoms with van der Waals surface area (Å²) in [5.41, 5.74) is 1.33. The first-order chi connectivity index (χ1) is 9.06. The molecule has 0 atom stereocenters. The highest BCUT2D eigenvalue weighted by atomic mass is 35.5. The Morgan fingerprint density at radius 1 is 1.32 bits per heavy atom. The van der Waals surface area contributed by atoms with Crippen LogP contribution in [0.2, 0.25) is 10.0 Å². The second-order valence-corrected chi connectivity index (χ2v) is 5.60. The number of carbonyl (C=O) groups excluding carboxylic acids is 1. The van der Waals surface area contributed by atoms with Crippen LogP contribution in [-0.2, 0) is 0 Å². The largest absolute Gasteiger partial charge is 0.293 e. The van der Waals surface area contributed by atoms with Crippen LogP contribution in [0, 0.1) is 6.92 Å². The lowest BCUT2D eigenvalue weighted by Gasteiger charge is -2.03. The van der Waals surface area contributed by atoms with Crippen LogP contribution in [0.25, 0.3) is 0 Å². The van der Waals surface area contributed by atoms with Gasteiger partial charge in [-0.25, -0.2) is 9.97 Å². The number of aromatic nitrogens is 2. The SMILES string of the molecule is Cc1ccnc(SCC(=O)c2ccc(Cl)cc2Cl)n1. The molecule has 2 aromatic rings. The van der Waals surface area contributed by atoms with Gasteiger partial charge in [0.1, 0.15) is 0 Å². The Morgan fingerprint density at radius 2 is 2.11 bits per heavy atom. The van der Waals surface area contributed by atoms with Crippen molar-refractivity contribution in [3.63, 3.8) is 0 Å². The summed E-state index contributed by atoms with van der Waals surface area (Å²) in [5, 5.41) is 1.46. The van der Waals surface area contributed by atoms with E-state index in [0.717, 1.165) is 5.69 Å². The summed E-state index contributed by atoms with van der Waals surface area (Å²) >= 11 is 13.1. The Labute approximate surface area is 125 Å². The summed E-state index contributed by atoms with van der Waals surface area (Å²) in [4.78, 5) is 20.3. The van der Waals surface area contributed by atoms with Gasteiger partial charge in [0.05, 0.1) is 10.8 Å². The molecule has 0 spiro atoms. The minimum Gasteiger partial charge on any atom is -0.293 e. The van der Waals surface area contributed by atoms with E-state index in [2.05, 4.69) is 9.97 Å². The molecule has 1 heterocycles. The molecule has 0 unspecified atom stereocenters. The molecule has 0 saturated heterocycles. The monoisotopic (exact) mass is 312 g/mol. The fourth-order valence-corrected chi connectivity index (χ4v) is 2.69. The van der Waals surface area contributed by atoms with E-state index in [0.29, 0.717) is 20.8 Å². The van der Waals surface area contributed by atoms with Crippen molar-refractivity contribution in [1.29, 1.82) is 0 Å². The highest BCUT2D eigenvalue weighted by molar-refractivity contribution is 7.99. The molecule has 19 heavy (non-hydrogen) atoms. The van der Waals surface area contributed by atoms with Crippen LogP contribution in [0.5, 0.6) is 0 Å². The van der Waals surface area contributed by atoms with E-state index in [-0.39, 0.29) is 11.5 Å². The number of thioether (sulfide) groups is 1. The molecule has 0 radical (unpaired) electrons. The number of aryl methyl sites for hydroxylation is 1. The van der Waals surface area contributed by atoms with Crippen molar-refractivity contribution in [2.75, 3.05) is 5.75 Å². The van der Waals surface area contributed by atoms with Gasteiger partial charge in [-0.3, -0.25) is 4.79 Å². The minimum atomic E-state index is -0.0724. The number of nitrogens with zero attached hydrogens (tertiary/aromatic N) is 2. The van der Waals surface area contributed by atoms with Gasteiger partial charge in [0, 0.05) is 22.5 Å². The molecular formula is C13H10Cl2N2OS. The highest BCUT2D eigenvalue weighted by Gasteiger charge is 2.12. The Hall–Kier alpha value is -1.10. The molecule has 1 aromatic carbocycles. The maximum atomic E-state index is 12.0. The van der Waals surface area contributed by atoms with Crippen LogP contribution in [0.1, 0.15) is 16.1 Å². The molecule has 1 aromatic heterocycles. The zero-order chi connectivity index (χ0) is 13.8. The van der Waals surface area contributed by atoms with Gasteiger partial charge in [0.2, 0.25) is 0 Å². The van der Waals surface area contributed by atoms with Crippen LogP contribution in [0.3, 0.4) is 0 Å². The zero-order valence-corrected chi connectivity index (χ0v) is 12.4. The summed E-state index contributed by atoms with van der Waals surface area (Å²) in [7, 11) is 0. The summed E-state index contributed by atoms with van der Waals surface area (Å²) in [6, 6.07) is 6.64. The van der Waals surface area contributed by atoms with Crippen LogP contribution in [0.4, 0.5) is 0 Å². The lowest BCUT2D eigenvalue weighted by molar-refractivity contribution is 0.102. The number of benzene rings is 1. The third kappa shape index (κ3) is 3.93. The second-order valence-electron chi connectivity index (χ2n) is 3.82. The van der Waals surface area contributed by atoms with Crippen LogP contribution in [-0.4, -0.2) is 21.5 Å². The van der Waals surface area contributed by atoms with E-state index < -0.39 is 0 Å². The Bertz CT molecular complexity index is 619. The van der Waals surface area contributed by atoms with Crippen molar-refractivity contribution >= 4 is 40.7 Å². The van der Waals surface area contributed by atoms with Gasteiger partial charge in [0.25, 0.3) is 0 Å². The lowest BCUT2D eigenvalue weighted by atomic mass is 10.1. The molecule has 0 fully saturated rings. The Morgan fingerprint density at radius 3 is 2.79 bits per heavy atom. The standard InChI is InChI=1S/C13H10Cl2N2OS/c1-8-4-5-16-13(17-8)19-7-12(18)10-3-2-9(14)6-11(10)15/h2-6H,7H2,1H3. The quantitative estimate of drug-likeness (QED) is 0.485. The molecule has 0 aliphatic carbocycles. The van der Waals surface area contributed by atoms with Crippen LogP contribution < -0.4 is 0 Å². The first kappa shape index (κ1) is 14.3. The fraction of sp³-hybridized carbons (Fsp3) is 0.154. The van der Waals surface area contributed by atoms with Gasteiger partial charge in [-0.1, -0.05) is 35.0 Å². The lowest BCUT2D eigenvalue weighted by Crippen LogP contribution is -2.04. The van der Waals surface area contributed by atoms with Gasteiger partial charge in [-0.15, -0.1) is 0 Å². The number of rotatable bonds is 4. The van der Waals surface area contributed by atoms with E-state index in [4.69, 9.17) is 23.2 Å². The van der Waals surface area contributed by atoms with Gasteiger partial charge in [-0.05, 0) is 31.2 Å². The number of ketones is 1. The average Bonchev–Trinajstić information content (AvgIpc) is 2.36. The van der Waals surface area contributed by atoms with Crippen molar-refractivity contribution in [3.05, 3.63) is 51.8 Å². The Balaban J connectivity index is 2.05. The average molecular weight is 313 g/mol. The van der Waals surface area contributed by atoms with Crippen LogP contribution in [0.15, 0.2) is 35.6 Å².